The molecule has 2 aromatic rings. The molecule has 0 spiro atoms. The number of hydrogen-bond acceptors (Lipinski definition) is 3. The van der Waals surface area contributed by atoms with Crippen LogP contribution in [-0.4, -0.2) is 13.2 Å². The van der Waals surface area contributed by atoms with Crippen LogP contribution in [0.5, 0.6) is 0 Å². The van der Waals surface area contributed by atoms with Crippen LogP contribution in [0.2, 0.25) is 0 Å². The first-order valence-corrected chi connectivity index (χ1v) is 6.93. The SMILES string of the molecule is COCc1c(CNC2CC2)oc2cc(C)c(C)cc12. The molecular weight excluding hydrogens is 238 g/mol. The van der Waals surface area contributed by atoms with Gasteiger partial charge in [0.2, 0.25) is 0 Å². The van der Waals surface area contributed by atoms with Gasteiger partial charge in [-0.25, -0.2) is 0 Å². The van der Waals surface area contributed by atoms with Crippen molar-refractivity contribution >= 4 is 11.0 Å². The third-order valence-electron chi connectivity index (χ3n) is 3.91. The zero-order valence-corrected chi connectivity index (χ0v) is 11.9. The van der Waals surface area contributed by atoms with Gasteiger partial charge in [0.15, 0.2) is 0 Å². The molecule has 3 nitrogen and oxygen atoms in total. The molecule has 0 saturated heterocycles. The summed E-state index contributed by atoms with van der Waals surface area (Å²) in [6.45, 7) is 5.67. The highest BCUT2D eigenvalue weighted by Crippen LogP contribution is 2.30. The Morgan fingerprint density at radius 1 is 1.26 bits per heavy atom. The molecule has 1 fully saturated rings. The highest BCUT2D eigenvalue weighted by Gasteiger charge is 2.22. The molecule has 1 aliphatic rings. The summed E-state index contributed by atoms with van der Waals surface area (Å²) < 4.78 is 11.4. The second kappa shape index (κ2) is 4.99. The van der Waals surface area contributed by atoms with Gasteiger partial charge in [-0.05, 0) is 49.9 Å². The number of benzene rings is 1. The van der Waals surface area contributed by atoms with Crippen LogP contribution in [0, 0.1) is 13.8 Å². The van der Waals surface area contributed by atoms with E-state index in [4.69, 9.17) is 9.15 Å². The summed E-state index contributed by atoms with van der Waals surface area (Å²) in [5.41, 5.74) is 4.73. The average molecular weight is 259 g/mol. The van der Waals surface area contributed by atoms with Gasteiger partial charge in [-0.1, -0.05) is 0 Å². The van der Waals surface area contributed by atoms with Crippen molar-refractivity contribution in [2.24, 2.45) is 0 Å². The van der Waals surface area contributed by atoms with Crippen molar-refractivity contribution in [3.63, 3.8) is 0 Å². The molecular formula is C16H21NO2. The quantitative estimate of drug-likeness (QED) is 0.893. The first-order valence-electron chi connectivity index (χ1n) is 6.93. The molecule has 0 atom stereocenters. The Bertz CT molecular complexity index is 596. The third-order valence-corrected chi connectivity index (χ3v) is 3.91. The van der Waals surface area contributed by atoms with Crippen molar-refractivity contribution in [2.45, 2.75) is 45.9 Å². The van der Waals surface area contributed by atoms with Crippen molar-refractivity contribution < 1.29 is 9.15 Å². The van der Waals surface area contributed by atoms with Crippen LogP contribution in [-0.2, 0) is 17.9 Å². The minimum atomic E-state index is 0.608. The van der Waals surface area contributed by atoms with Gasteiger partial charge >= 0.3 is 0 Å². The summed E-state index contributed by atoms with van der Waals surface area (Å²) in [5, 5.41) is 4.70. The first-order chi connectivity index (χ1) is 9.19. The number of aryl methyl sites for hydroxylation is 2. The van der Waals surface area contributed by atoms with Crippen LogP contribution >= 0.6 is 0 Å². The van der Waals surface area contributed by atoms with E-state index in [9.17, 15) is 0 Å². The van der Waals surface area contributed by atoms with Crippen molar-refractivity contribution in [1.29, 1.82) is 0 Å². The minimum Gasteiger partial charge on any atom is -0.459 e. The van der Waals surface area contributed by atoms with Crippen LogP contribution in [0.1, 0.15) is 35.3 Å². The Hall–Kier alpha value is -1.32. The minimum absolute atomic E-state index is 0.608. The monoisotopic (exact) mass is 259 g/mol. The average Bonchev–Trinajstić information content (AvgIpc) is 3.15. The van der Waals surface area contributed by atoms with E-state index in [2.05, 4.69) is 31.3 Å². The third kappa shape index (κ3) is 2.53. The number of ether oxygens (including phenoxy) is 1. The molecule has 0 aliphatic heterocycles. The lowest BCUT2D eigenvalue weighted by Crippen LogP contribution is -2.15. The molecule has 102 valence electrons. The highest BCUT2D eigenvalue weighted by molar-refractivity contribution is 5.83. The molecule has 1 aromatic carbocycles. The van der Waals surface area contributed by atoms with Gasteiger partial charge in [-0.3, -0.25) is 0 Å². The number of fused-ring (bicyclic) bond motifs is 1. The first kappa shape index (κ1) is 12.7. The smallest absolute Gasteiger partial charge is 0.135 e. The van der Waals surface area contributed by atoms with Gasteiger partial charge < -0.3 is 14.5 Å². The van der Waals surface area contributed by atoms with Gasteiger partial charge in [0.05, 0.1) is 13.2 Å². The number of methoxy groups -OCH3 is 1. The summed E-state index contributed by atoms with van der Waals surface area (Å²) in [6.07, 6.45) is 2.58. The van der Waals surface area contributed by atoms with Crippen molar-refractivity contribution in [3.05, 3.63) is 34.6 Å². The lowest BCUT2D eigenvalue weighted by Gasteiger charge is -2.03. The molecule has 0 unspecified atom stereocenters. The Morgan fingerprint density at radius 2 is 2.00 bits per heavy atom. The number of rotatable bonds is 5. The maximum atomic E-state index is 6.02. The summed E-state index contributed by atoms with van der Waals surface area (Å²) >= 11 is 0. The Kier molecular flexibility index (Phi) is 3.33. The second-order valence-corrected chi connectivity index (χ2v) is 5.52. The topological polar surface area (TPSA) is 34.4 Å². The lowest BCUT2D eigenvalue weighted by molar-refractivity contribution is 0.183. The van der Waals surface area contributed by atoms with Gasteiger partial charge in [-0.2, -0.15) is 0 Å². The number of furan rings is 1. The van der Waals surface area contributed by atoms with Gasteiger partial charge in [-0.15, -0.1) is 0 Å². The predicted molar refractivity (Wildman–Crippen MR) is 76.3 cm³/mol. The molecule has 0 bridgehead atoms. The van der Waals surface area contributed by atoms with Crippen LogP contribution in [0.3, 0.4) is 0 Å². The molecule has 0 radical (unpaired) electrons. The lowest BCUT2D eigenvalue weighted by atomic mass is 10.0. The van der Waals surface area contributed by atoms with Crippen LogP contribution in [0.15, 0.2) is 16.5 Å². The highest BCUT2D eigenvalue weighted by atomic mass is 16.5. The Labute approximate surface area is 113 Å². The fourth-order valence-electron chi connectivity index (χ4n) is 2.42. The maximum absolute atomic E-state index is 6.02. The number of nitrogens with one attached hydrogen (secondary N) is 1. The van der Waals surface area contributed by atoms with E-state index >= 15 is 0 Å². The molecule has 0 amide bonds. The van der Waals surface area contributed by atoms with Crippen molar-refractivity contribution in [1.82, 2.24) is 5.32 Å². The summed E-state index contributed by atoms with van der Waals surface area (Å²) in [6, 6.07) is 5.03. The number of hydrogen-bond donors (Lipinski definition) is 1. The Balaban J connectivity index is 2.00. The normalized spacial score (nSPS) is 15.3. The van der Waals surface area contributed by atoms with Crippen molar-refractivity contribution in [3.8, 4) is 0 Å². The van der Waals surface area contributed by atoms with E-state index in [1.807, 2.05) is 0 Å². The van der Waals surface area contributed by atoms with Gasteiger partial charge in [0.1, 0.15) is 11.3 Å². The van der Waals surface area contributed by atoms with E-state index in [0.717, 1.165) is 17.9 Å². The molecule has 3 heteroatoms. The van der Waals surface area contributed by atoms with Crippen LogP contribution in [0.4, 0.5) is 0 Å². The van der Waals surface area contributed by atoms with Crippen molar-refractivity contribution in [2.75, 3.05) is 7.11 Å². The van der Waals surface area contributed by atoms with E-state index in [1.54, 1.807) is 7.11 Å². The Morgan fingerprint density at radius 3 is 2.68 bits per heavy atom. The maximum Gasteiger partial charge on any atom is 0.135 e. The van der Waals surface area contributed by atoms with E-state index in [-0.39, 0.29) is 0 Å². The van der Waals surface area contributed by atoms with Gasteiger partial charge in [0, 0.05) is 24.1 Å². The molecule has 1 heterocycles. The second-order valence-electron chi connectivity index (χ2n) is 5.52. The van der Waals surface area contributed by atoms with Crippen LogP contribution in [0.25, 0.3) is 11.0 Å². The fourth-order valence-corrected chi connectivity index (χ4v) is 2.42. The molecule has 1 aromatic heterocycles. The fraction of sp³-hybridized carbons (Fsp3) is 0.500. The molecule has 1 saturated carbocycles. The summed E-state index contributed by atoms with van der Waals surface area (Å²) in [5.74, 6) is 1.02. The largest absolute Gasteiger partial charge is 0.459 e. The van der Waals surface area contributed by atoms with Gasteiger partial charge in [0.25, 0.3) is 0 Å². The standard InChI is InChI=1S/C16H21NO2/c1-10-6-13-14(9-18-3)16(8-17-12-4-5-12)19-15(13)7-11(10)2/h6-7,12,17H,4-5,8-9H2,1-3H3. The summed E-state index contributed by atoms with van der Waals surface area (Å²) in [4.78, 5) is 0. The zero-order chi connectivity index (χ0) is 13.4. The summed E-state index contributed by atoms with van der Waals surface area (Å²) in [7, 11) is 1.73. The zero-order valence-electron chi connectivity index (χ0n) is 11.9. The molecule has 1 aliphatic carbocycles. The van der Waals surface area contributed by atoms with Crippen LogP contribution < -0.4 is 5.32 Å². The van der Waals surface area contributed by atoms with E-state index in [1.165, 1.54) is 34.9 Å². The molecule has 3 rings (SSSR count). The molecule has 19 heavy (non-hydrogen) atoms. The van der Waals surface area contributed by atoms with E-state index < -0.39 is 0 Å². The molecule has 1 N–H and O–H groups in total. The predicted octanol–water partition coefficient (Wildman–Crippen LogP) is 3.45. The van der Waals surface area contributed by atoms with E-state index in [0.29, 0.717) is 12.6 Å².